The van der Waals surface area contributed by atoms with E-state index in [0.29, 0.717) is 17.0 Å². The Kier molecular flexibility index (Phi) is 6.26. The second-order valence-corrected chi connectivity index (χ2v) is 7.27. The number of nitrogens with one attached hydrogen (secondary N) is 1. The predicted molar refractivity (Wildman–Crippen MR) is 90.4 cm³/mol. The van der Waals surface area contributed by atoms with Crippen LogP contribution in [0, 0.1) is 11.7 Å². The lowest BCUT2D eigenvalue weighted by molar-refractivity contribution is 0.0775. The van der Waals surface area contributed by atoms with Crippen molar-refractivity contribution in [1.82, 2.24) is 10.3 Å². The number of halogens is 2. The molecule has 1 aromatic heterocycles. The van der Waals surface area contributed by atoms with Gasteiger partial charge >= 0.3 is 0 Å². The molecule has 2 fully saturated rings. The SMILES string of the molecule is Fc1cnc([C@H]2CC[C@H](CCNC3CCOCC3)CC2)c(Cl)c1. The van der Waals surface area contributed by atoms with Gasteiger partial charge in [-0.15, -0.1) is 0 Å². The molecule has 2 aliphatic rings. The molecule has 0 bridgehead atoms. The lowest BCUT2D eigenvalue weighted by atomic mass is 9.79. The molecule has 0 spiro atoms. The highest BCUT2D eigenvalue weighted by Crippen LogP contribution is 2.38. The third-order valence-corrected chi connectivity index (χ3v) is 5.58. The molecular formula is C18H26ClFN2O. The Hall–Kier alpha value is -0.710. The lowest BCUT2D eigenvalue weighted by Crippen LogP contribution is -2.36. The maximum absolute atomic E-state index is 13.1. The molecule has 0 aromatic carbocycles. The van der Waals surface area contributed by atoms with Gasteiger partial charge < -0.3 is 10.1 Å². The molecule has 0 atom stereocenters. The molecule has 1 aliphatic heterocycles. The standard InChI is InChI=1S/C18H26ClFN2O/c19-17-11-15(20)12-22-18(17)14-3-1-13(2-4-14)5-8-21-16-6-9-23-10-7-16/h11-14,16,21H,1-10H2/t13-,14-. The van der Waals surface area contributed by atoms with E-state index in [1.54, 1.807) is 0 Å². The van der Waals surface area contributed by atoms with Gasteiger partial charge in [0.15, 0.2) is 0 Å². The molecule has 5 heteroatoms. The van der Waals surface area contributed by atoms with Gasteiger partial charge in [0.05, 0.1) is 16.9 Å². The maximum Gasteiger partial charge on any atom is 0.142 e. The molecule has 1 aromatic rings. The molecule has 1 saturated heterocycles. The minimum Gasteiger partial charge on any atom is -0.381 e. The van der Waals surface area contributed by atoms with Gasteiger partial charge in [-0.1, -0.05) is 11.6 Å². The number of nitrogens with zero attached hydrogens (tertiary/aromatic N) is 1. The zero-order valence-electron chi connectivity index (χ0n) is 13.6. The number of pyridine rings is 1. The van der Waals surface area contributed by atoms with Gasteiger partial charge in [0, 0.05) is 25.2 Å². The van der Waals surface area contributed by atoms with Crippen molar-refractivity contribution >= 4 is 11.6 Å². The van der Waals surface area contributed by atoms with E-state index in [9.17, 15) is 4.39 Å². The average Bonchev–Trinajstić information content (AvgIpc) is 2.57. The van der Waals surface area contributed by atoms with E-state index in [2.05, 4.69) is 10.3 Å². The number of hydrogen-bond acceptors (Lipinski definition) is 3. The molecule has 0 amide bonds. The second kappa shape index (κ2) is 8.41. The third kappa shape index (κ3) is 4.88. The summed E-state index contributed by atoms with van der Waals surface area (Å²) in [5.74, 6) is 0.826. The Morgan fingerprint density at radius 1 is 1.17 bits per heavy atom. The number of rotatable bonds is 5. The summed E-state index contributed by atoms with van der Waals surface area (Å²) in [6.07, 6.45) is 9.47. The van der Waals surface area contributed by atoms with Crippen LogP contribution in [0.1, 0.15) is 56.6 Å². The van der Waals surface area contributed by atoms with Crippen molar-refractivity contribution in [1.29, 1.82) is 0 Å². The van der Waals surface area contributed by atoms with Crippen LogP contribution < -0.4 is 5.32 Å². The van der Waals surface area contributed by atoms with Crippen molar-refractivity contribution in [3.8, 4) is 0 Å². The fourth-order valence-corrected chi connectivity index (χ4v) is 4.15. The van der Waals surface area contributed by atoms with Gasteiger partial charge in [0.1, 0.15) is 5.82 Å². The van der Waals surface area contributed by atoms with E-state index in [1.165, 1.54) is 31.5 Å². The van der Waals surface area contributed by atoms with Gasteiger partial charge in [-0.25, -0.2) is 4.39 Å². The summed E-state index contributed by atoms with van der Waals surface area (Å²) in [7, 11) is 0. The van der Waals surface area contributed by atoms with Crippen molar-refractivity contribution in [2.45, 2.75) is 56.9 Å². The fraction of sp³-hybridized carbons (Fsp3) is 0.722. The van der Waals surface area contributed by atoms with Crippen LogP contribution in [0.5, 0.6) is 0 Å². The minimum absolute atomic E-state index is 0.355. The summed E-state index contributed by atoms with van der Waals surface area (Å²) >= 11 is 6.15. The molecule has 3 rings (SSSR count). The monoisotopic (exact) mass is 340 g/mol. The molecule has 1 N–H and O–H groups in total. The van der Waals surface area contributed by atoms with Crippen LogP contribution in [0.15, 0.2) is 12.3 Å². The van der Waals surface area contributed by atoms with Gasteiger partial charge in [-0.2, -0.15) is 0 Å². The molecule has 0 radical (unpaired) electrons. The highest BCUT2D eigenvalue weighted by atomic mass is 35.5. The average molecular weight is 341 g/mol. The van der Waals surface area contributed by atoms with E-state index in [4.69, 9.17) is 16.3 Å². The first kappa shape index (κ1) is 17.1. The second-order valence-electron chi connectivity index (χ2n) is 6.87. The smallest absolute Gasteiger partial charge is 0.142 e. The predicted octanol–water partition coefficient (Wildman–Crippen LogP) is 4.31. The van der Waals surface area contributed by atoms with E-state index in [1.807, 2.05) is 0 Å². The van der Waals surface area contributed by atoms with Crippen molar-refractivity contribution in [3.63, 3.8) is 0 Å². The zero-order chi connectivity index (χ0) is 16.1. The Labute approximate surface area is 143 Å². The quantitative estimate of drug-likeness (QED) is 0.867. The molecule has 3 nitrogen and oxygen atoms in total. The topological polar surface area (TPSA) is 34.2 Å². The lowest BCUT2D eigenvalue weighted by Gasteiger charge is -2.29. The first-order valence-corrected chi connectivity index (χ1v) is 9.22. The minimum atomic E-state index is -0.355. The van der Waals surface area contributed by atoms with E-state index in [-0.39, 0.29) is 5.82 Å². The summed E-state index contributed by atoms with van der Waals surface area (Å²) in [4.78, 5) is 4.22. The van der Waals surface area contributed by atoms with Crippen LogP contribution in [0.3, 0.4) is 0 Å². The van der Waals surface area contributed by atoms with Crippen LogP contribution >= 0.6 is 11.6 Å². The zero-order valence-corrected chi connectivity index (χ0v) is 14.3. The summed E-state index contributed by atoms with van der Waals surface area (Å²) in [6, 6.07) is 2.02. The Bertz CT molecular complexity index is 500. The summed E-state index contributed by atoms with van der Waals surface area (Å²) in [6.45, 7) is 2.90. The summed E-state index contributed by atoms with van der Waals surface area (Å²) in [5.41, 5.74) is 0.881. The normalized spacial score (nSPS) is 26.3. The molecule has 1 aliphatic carbocycles. The van der Waals surface area contributed by atoms with Crippen molar-refractivity contribution in [2.24, 2.45) is 5.92 Å². The van der Waals surface area contributed by atoms with Crippen LogP contribution in [-0.4, -0.2) is 30.8 Å². The highest BCUT2D eigenvalue weighted by molar-refractivity contribution is 6.31. The van der Waals surface area contributed by atoms with Crippen molar-refractivity contribution in [2.75, 3.05) is 19.8 Å². The van der Waals surface area contributed by atoms with E-state index >= 15 is 0 Å². The van der Waals surface area contributed by atoms with Crippen molar-refractivity contribution < 1.29 is 9.13 Å². The van der Waals surface area contributed by atoms with Gasteiger partial charge in [-0.3, -0.25) is 4.98 Å². The molecule has 128 valence electrons. The Morgan fingerprint density at radius 2 is 1.91 bits per heavy atom. The fourth-order valence-electron chi connectivity index (χ4n) is 3.84. The van der Waals surface area contributed by atoms with Gasteiger partial charge in [0.2, 0.25) is 0 Å². The van der Waals surface area contributed by atoms with Gasteiger partial charge in [-0.05, 0) is 63.5 Å². The van der Waals surface area contributed by atoms with E-state index < -0.39 is 0 Å². The third-order valence-electron chi connectivity index (χ3n) is 5.28. The summed E-state index contributed by atoms with van der Waals surface area (Å²) in [5, 5.41) is 4.15. The summed E-state index contributed by atoms with van der Waals surface area (Å²) < 4.78 is 18.5. The molecular weight excluding hydrogens is 315 g/mol. The van der Waals surface area contributed by atoms with Crippen LogP contribution in [0.4, 0.5) is 4.39 Å². The highest BCUT2D eigenvalue weighted by Gasteiger charge is 2.25. The molecule has 0 unspecified atom stereocenters. The van der Waals surface area contributed by atoms with Crippen LogP contribution in [-0.2, 0) is 4.74 Å². The van der Waals surface area contributed by atoms with Crippen molar-refractivity contribution in [3.05, 3.63) is 28.8 Å². The number of aromatic nitrogens is 1. The van der Waals surface area contributed by atoms with Gasteiger partial charge in [0.25, 0.3) is 0 Å². The number of ether oxygens (including phenoxy) is 1. The first-order valence-electron chi connectivity index (χ1n) is 8.84. The van der Waals surface area contributed by atoms with Crippen LogP contribution in [0.2, 0.25) is 5.02 Å². The molecule has 1 saturated carbocycles. The molecule has 2 heterocycles. The molecule has 23 heavy (non-hydrogen) atoms. The maximum atomic E-state index is 13.1. The van der Waals surface area contributed by atoms with E-state index in [0.717, 1.165) is 57.1 Å². The number of hydrogen-bond donors (Lipinski definition) is 1. The van der Waals surface area contributed by atoms with Crippen LogP contribution in [0.25, 0.3) is 0 Å². The Morgan fingerprint density at radius 3 is 2.61 bits per heavy atom. The Balaban J connectivity index is 1.39. The first-order chi connectivity index (χ1) is 11.2. The largest absolute Gasteiger partial charge is 0.381 e.